The molecule has 0 aliphatic carbocycles. The van der Waals surface area contributed by atoms with E-state index in [4.69, 9.17) is 10.2 Å². The van der Waals surface area contributed by atoms with E-state index >= 15 is 0 Å². The molecular weight excluding hydrogens is 236 g/mol. The van der Waals surface area contributed by atoms with Crippen LogP contribution >= 0.6 is 0 Å². The summed E-state index contributed by atoms with van der Waals surface area (Å²) in [6.45, 7) is 1.82. The highest BCUT2D eigenvalue weighted by Gasteiger charge is 2.14. The number of rotatable bonds is 3. The van der Waals surface area contributed by atoms with E-state index in [2.05, 4.69) is 10.3 Å². The summed E-state index contributed by atoms with van der Waals surface area (Å²) in [6, 6.07) is 3.30. The Labute approximate surface area is 102 Å². The third-order valence-corrected chi connectivity index (χ3v) is 2.70. The first-order valence-corrected chi connectivity index (χ1v) is 5.39. The highest BCUT2D eigenvalue weighted by molar-refractivity contribution is 5.60. The van der Waals surface area contributed by atoms with Gasteiger partial charge in [-0.1, -0.05) is 0 Å². The second kappa shape index (κ2) is 4.44. The van der Waals surface area contributed by atoms with Gasteiger partial charge in [0.1, 0.15) is 17.3 Å². The van der Waals surface area contributed by atoms with Crippen molar-refractivity contribution in [2.24, 2.45) is 7.05 Å². The van der Waals surface area contributed by atoms with Gasteiger partial charge in [0, 0.05) is 7.05 Å². The predicted octanol–water partition coefficient (Wildman–Crippen LogP) is 0.422. The molecule has 0 aliphatic rings. The Morgan fingerprint density at radius 2 is 2.22 bits per heavy atom. The molecule has 2 heterocycles. The predicted molar refractivity (Wildman–Crippen MR) is 67.5 cm³/mol. The van der Waals surface area contributed by atoms with Gasteiger partial charge in [0.05, 0.1) is 12.3 Å². The van der Waals surface area contributed by atoms with E-state index in [9.17, 15) is 9.59 Å². The van der Waals surface area contributed by atoms with Crippen LogP contribution in [0.25, 0.3) is 0 Å². The molecule has 7 heteroatoms. The minimum Gasteiger partial charge on any atom is -0.467 e. The average molecular weight is 250 g/mol. The van der Waals surface area contributed by atoms with Crippen molar-refractivity contribution in [2.75, 3.05) is 11.1 Å². The summed E-state index contributed by atoms with van der Waals surface area (Å²) in [5, 5.41) is 2.93. The number of nitrogen functional groups attached to an aromatic ring is 1. The molecule has 2 rings (SSSR count). The smallest absolute Gasteiger partial charge is 0.329 e. The van der Waals surface area contributed by atoms with Crippen molar-refractivity contribution in [1.82, 2.24) is 9.55 Å². The maximum absolute atomic E-state index is 11.7. The van der Waals surface area contributed by atoms with Gasteiger partial charge >= 0.3 is 5.69 Å². The third-order valence-electron chi connectivity index (χ3n) is 2.70. The molecule has 0 bridgehead atoms. The molecule has 18 heavy (non-hydrogen) atoms. The maximum atomic E-state index is 11.7. The highest BCUT2D eigenvalue weighted by atomic mass is 16.3. The largest absolute Gasteiger partial charge is 0.467 e. The van der Waals surface area contributed by atoms with Crippen molar-refractivity contribution < 1.29 is 4.42 Å². The van der Waals surface area contributed by atoms with Crippen LogP contribution in [0.2, 0.25) is 0 Å². The van der Waals surface area contributed by atoms with Crippen molar-refractivity contribution in [1.29, 1.82) is 0 Å². The van der Waals surface area contributed by atoms with E-state index in [1.807, 2.05) is 6.92 Å². The van der Waals surface area contributed by atoms with Gasteiger partial charge in [0.25, 0.3) is 5.56 Å². The van der Waals surface area contributed by atoms with Gasteiger partial charge in [0.15, 0.2) is 0 Å². The molecule has 0 saturated carbocycles. The fraction of sp³-hybridized carbons (Fsp3) is 0.273. The van der Waals surface area contributed by atoms with Gasteiger partial charge < -0.3 is 15.5 Å². The first kappa shape index (κ1) is 12.0. The second-order valence-corrected chi connectivity index (χ2v) is 3.96. The van der Waals surface area contributed by atoms with Crippen LogP contribution in [-0.4, -0.2) is 9.55 Å². The van der Waals surface area contributed by atoms with Crippen LogP contribution in [0, 0.1) is 0 Å². The number of aromatic amines is 1. The van der Waals surface area contributed by atoms with Crippen LogP contribution in [0.5, 0.6) is 0 Å². The first-order chi connectivity index (χ1) is 8.50. The van der Waals surface area contributed by atoms with Crippen LogP contribution in [0.1, 0.15) is 18.7 Å². The minimum absolute atomic E-state index is 0.0853. The van der Waals surface area contributed by atoms with Crippen molar-refractivity contribution in [3.8, 4) is 0 Å². The Morgan fingerprint density at radius 3 is 2.83 bits per heavy atom. The molecule has 0 aromatic carbocycles. The number of H-pyrrole nitrogens is 1. The second-order valence-electron chi connectivity index (χ2n) is 3.96. The minimum atomic E-state index is -0.547. The molecule has 1 unspecified atom stereocenters. The molecule has 0 amide bonds. The molecule has 1 atom stereocenters. The lowest BCUT2D eigenvalue weighted by molar-refractivity contribution is 0.490. The number of nitrogens with one attached hydrogen (secondary N) is 2. The first-order valence-electron chi connectivity index (χ1n) is 5.39. The summed E-state index contributed by atoms with van der Waals surface area (Å²) in [6.07, 6.45) is 1.54. The highest BCUT2D eigenvalue weighted by Crippen LogP contribution is 2.19. The normalized spacial score (nSPS) is 12.3. The summed E-state index contributed by atoms with van der Waals surface area (Å²) in [5.41, 5.74) is 4.79. The Balaban J connectivity index is 2.39. The zero-order valence-electron chi connectivity index (χ0n) is 10.1. The number of nitrogens with zero attached hydrogens (tertiary/aromatic N) is 1. The molecule has 96 valence electrons. The average Bonchev–Trinajstić information content (AvgIpc) is 2.85. The zero-order valence-corrected chi connectivity index (χ0v) is 10.1. The Hall–Kier alpha value is -2.44. The monoisotopic (exact) mass is 250 g/mol. The molecule has 2 aromatic rings. The van der Waals surface area contributed by atoms with E-state index in [1.165, 1.54) is 11.6 Å². The van der Waals surface area contributed by atoms with Crippen LogP contribution < -0.4 is 22.3 Å². The fourth-order valence-electron chi connectivity index (χ4n) is 1.60. The standard InChI is InChI=1S/C11H14N4O3/c1-6(7-4-3-5-18-7)13-8-9(12)15(2)11(17)14-10(8)16/h3-6,13H,12H2,1-2H3,(H,14,16,17). The zero-order chi connectivity index (χ0) is 13.3. The van der Waals surface area contributed by atoms with E-state index in [0.29, 0.717) is 5.76 Å². The summed E-state index contributed by atoms with van der Waals surface area (Å²) < 4.78 is 6.38. The lowest BCUT2D eigenvalue weighted by Crippen LogP contribution is -2.32. The molecular formula is C11H14N4O3. The van der Waals surface area contributed by atoms with Gasteiger partial charge in [-0.2, -0.15) is 0 Å². The summed E-state index contributed by atoms with van der Waals surface area (Å²) >= 11 is 0. The number of nitrogens with two attached hydrogens (primary N) is 1. The van der Waals surface area contributed by atoms with Crippen molar-refractivity contribution in [3.05, 3.63) is 45.0 Å². The number of anilines is 2. The lowest BCUT2D eigenvalue weighted by Gasteiger charge is -2.15. The lowest BCUT2D eigenvalue weighted by atomic mass is 10.2. The molecule has 0 aliphatic heterocycles. The number of hydrogen-bond acceptors (Lipinski definition) is 5. The molecule has 2 aromatic heterocycles. The molecule has 0 saturated heterocycles. The summed E-state index contributed by atoms with van der Waals surface area (Å²) in [7, 11) is 1.48. The Kier molecular flexibility index (Phi) is 2.97. The third kappa shape index (κ3) is 2.02. The molecule has 4 N–H and O–H groups in total. The van der Waals surface area contributed by atoms with Gasteiger partial charge in [-0.15, -0.1) is 0 Å². The van der Waals surface area contributed by atoms with Crippen LogP contribution in [0.3, 0.4) is 0 Å². The van der Waals surface area contributed by atoms with Crippen molar-refractivity contribution in [2.45, 2.75) is 13.0 Å². The Morgan fingerprint density at radius 1 is 1.50 bits per heavy atom. The number of furan rings is 1. The summed E-state index contributed by atoms with van der Waals surface area (Å²) in [4.78, 5) is 25.2. The molecule has 0 spiro atoms. The maximum Gasteiger partial charge on any atom is 0.329 e. The molecule has 0 radical (unpaired) electrons. The number of hydrogen-bond donors (Lipinski definition) is 3. The van der Waals surface area contributed by atoms with E-state index < -0.39 is 11.2 Å². The van der Waals surface area contributed by atoms with Gasteiger partial charge in [-0.3, -0.25) is 14.3 Å². The summed E-state index contributed by atoms with van der Waals surface area (Å²) in [5.74, 6) is 0.754. The molecule has 7 nitrogen and oxygen atoms in total. The Bertz CT molecular complexity index is 654. The van der Waals surface area contributed by atoms with Crippen LogP contribution in [0.4, 0.5) is 11.5 Å². The molecule has 0 fully saturated rings. The quantitative estimate of drug-likeness (QED) is 0.732. The van der Waals surface area contributed by atoms with Gasteiger partial charge in [-0.05, 0) is 19.1 Å². The fourth-order valence-corrected chi connectivity index (χ4v) is 1.60. The van der Waals surface area contributed by atoms with E-state index in [1.54, 1.807) is 18.4 Å². The topological polar surface area (TPSA) is 106 Å². The van der Waals surface area contributed by atoms with Crippen molar-refractivity contribution in [3.63, 3.8) is 0 Å². The number of aromatic nitrogens is 2. The SMILES string of the molecule is CC(Nc1c(N)n(C)c(=O)[nH]c1=O)c1ccco1. The van der Waals surface area contributed by atoms with E-state index in [0.717, 1.165) is 0 Å². The van der Waals surface area contributed by atoms with Gasteiger partial charge in [-0.25, -0.2) is 4.79 Å². The van der Waals surface area contributed by atoms with Gasteiger partial charge in [0.2, 0.25) is 0 Å². The van der Waals surface area contributed by atoms with Crippen molar-refractivity contribution >= 4 is 11.5 Å². The van der Waals surface area contributed by atoms with Crippen LogP contribution in [-0.2, 0) is 7.05 Å². The van der Waals surface area contributed by atoms with Crippen LogP contribution in [0.15, 0.2) is 32.4 Å². The van der Waals surface area contributed by atoms with E-state index in [-0.39, 0.29) is 17.5 Å².